The lowest BCUT2D eigenvalue weighted by molar-refractivity contribution is -0.169. The summed E-state index contributed by atoms with van der Waals surface area (Å²) in [6, 6.07) is 0. The monoisotopic (exact) mass is 484 g/mol. The van der Waals surface area contributed by atoms with Crippen molar-refractivity contribution in [2.24, 2.45) is 52.3 Å². The lowest BCUT2D eigenvalue weighted by Gasteiger charge is -2.54. The van der Waals surface area contributed by atoms with E-state index in [4.69, 9.17) is 4.74 Å². The molecule has 194 valence electrons. The number of aliphatic hydroxyl groups is 1. The van der Waals surface area contributed by atoms with E-state index in [0.717, 1.165) is 25.7 Å². The van der Waals surface area contributed by atoms with E-state index in [-0.39, 0.29) is 42.0 Å². The molecule has 0 aromatic carbocycles. The molecule has 3 fully saturated rings. The molecule has 0 bridgehead atoms. The minimum absolute atomic E-state index is 0.0110. The van der Waals surface area contributed by atoms with Gasteiger partial charge in [-0.2, -0.15) is 0 Å². The molecular weight excluding hydrogens is 440 g/mol. The van der Waals surface area contributed by atoms with Crippen molar-refractivity contribution in [3.63, 3.8) is 0 Å². The van der Waals surface area contributed by atoms with Gasteiger partial charge in [-0.3, -0.25) is 9.59 Å². The second-order valence-electron chi connectivity index (χ2n) is 12.8. The molecule has 4 aliphatic rings. The molecular formula is C30H44O5. The fraction of sp³-hybridized carbons (Fsp3) is 0.767. The van der Waals surface area contributed by atoms with Crippen molar-refractivity contribution in [2.45, 2.75) is 86.2 Å². The molecule has 0 aliphatic heterocycles. The molecule has 3 saturated carbocycles. The SMILES string of the molecule is CCOC(=O)C1(O)CC2(C)C(=CC(=O)C3C2CCC2(C)C(C(C)C=CC(C)C(C)C)CCC32)C1=O. The lowest BCUT2D eigenvalue weighted by atomic mass is 9.49. The molecule has 5 heteroatoms. The van der Waals surface area contributed by atoms with Gasteiger partial charge in [0, 0.05) is 23.3 Å². The highest BCUT2D eigenvalue weighted by Crippen LogP contribution is 2.67. The van der Waals surface area contributed by atoms with Gasteiger partial charge < -0.3 is 9.84 Å². The highest BCUT2D eigenvalue weighted by atomic mass is 16.5. The summed E-state index contributed by atoms with van der Waals surface area (Å²) in [6.07, 6.45) is 10.2. The summed E-state index contributed by atoms with van der Waals surface area (Å²) in [5, 5.41) is 11.1. The molecule has 5 nitrogen and oxygen atoms in total. The standard InChI is InChI=1S/C30H44O5/c1-8-35-27(33)30(34)16-29(7)22-13-14-28(6)20(19(5)10-9-18(4)17(2)3)11-12-21(28)25(22)24(31)15-23(29)26(30)32/h9-10,15,17-22,25,34H,8,11-14,16H2,1-7H3. The van der Waals surface area contributed by atoms with Crippen LogP contribution >= 0.6 is 0 Å². The first-order chi connectivity index (χ1) is 16.3. The van der Waals surface area contributed by atoms with Gasteiger partial charge in [-0.15, -0.1) is 0 Å². The first kappa shape index (κ1) is 26.3. The smallest absolute Gasteiger partial charge is 0.346 e. The maximum Gasteiger partial charge on any atom is 0.346 e. The molecule has 4 aliphatic carbocycles. The Morgan fingerprint density at radius 2 is 1.80 bits per heavy atom. The van der Waals surface area contributed by atoms with Gasteiger partial charge in [0.05, 0.1) is 6.61 Å². The fourth-order valence-corrected chi connectivity index (χ4v) is 8.27. The van der Waals surface area contributed by atoms with E-state index < -0.39 is 22.8 Å². The minimum atomic E-state index is -2.18. The van der Waals surface area contributed by atoms with E-state index in [0.29, 0.717) is 29.2 Å². The molecule has 0 heterocycles. The van der Waals surface area contributed by atoms with Crippen LogP contribution in [0.25, 0.3) is 0 Å². The van der Waals surface area contributed by atoms with E-state index in [9.17, 15) is 19.5 Å². The minimum Gasteiger partial charge on any atom is -0.464 e. The largest absolute Gasteiger partial charge is 0.464 e. The number of hydrogen-bond acceptors (Lipinski definition) is 5. The zero-order valence-corrected chi connectivity index (χ0v) is 22.6. The van der Waals surface area contributed by atoms with Crippen LogP contribution in [0, 0.1) is 52.3 Å². The summed E-state index contributed by atoms with van der Waals surface area (Å²) in [4.78, 5) is 39.4. The third-order valence-corrected chi connectivity index (χ3v) is 10.7. The number of hydrogen-bond donors (Lipinski definition) is 1. The van der Waals surface area contributed by atoms with Crippen molar-refractivity contribution < 1.29 is 24.2 Å². The van der Waals surface area contributed by atoms with Gasteiger partial charge in [-0.1, -0.05) is 53.7 Å². The summed E-state index contributed by atoms with van der Waals surface area (Å²) in [6.45, 7) is 15.2. The fourth-order valence-electron chi connectivity index (χ4n) is 8.27. The first-order valence-corrected chi connectivity index (χ1v) is 13.7. The number of ether oxygens (including phenoxy) is 1. The Hall–Kier alpha value is -1.75. The van der Waals surface area contributed by atoms with Crippen molar-refractivity contribution in [1.82, 2.24) is 0 Å². The number of esters is 1. The third kappa shape index (κ3) is 3.88. The molecule has 4 rings (SSSR count). The van der Waals surface area contributed by atoms with Crippen LogP contribution in [0.1, 0.15) is 80.6 Å². The molecule has 9 unspecified atom stereocenters. The van der Waals surface area contributed by atoms with Crippen molar-refractivity contribution in [2.75, 3.05) is 6.61 Å². The maximum atomic E-state index is 13.6. The molecule has 1 N–H and O–H groups in total. The van der Waals surface area contributed by atoms with Gasteiger partial charge in [-0.25, -0.2) is 4.79 Å². The van der Waals surface area contributed by atoms with Gasteiger partial charge in [0.15, 0.2) is 5.78 Å². The first-order valence-electron chi connectivity index (χ1n) is 13.7. The number of Topliss-reactive ketones (excluding diaryl/α,β-unsaturated/α-hetero) is 1. The molecule has 0 radical (unpaired) electrons. The quantitative estimate of drug-likeness (QED) is 0.314. The van der Waals surface area contributed by atoms with Gasteiger partial charge in [-0.05, 0) is 79.6 Å². The molecule has 35 heavy (non-hydrogen) atoms. The predicted octanol–water partition coefficient (Wildman–Crippen LogP) is 5.31. The number of carbonyl (C=O) groups excluding carboxylic acids is 3. The van der Waals surface area contributed by atoms with Crippen molar-refractivity contribution >= 4 is 17.5 Å². The Morgan fingerprint density at radius 1 is 1.11 bits per heavy atom. The van der Waals surface area contributed by atoms with Gasteiger partial charge >= 0.3 is 5.97 Å². The third-order valence-electron chi connectivity index (χ3n) is 10.7. The van der Waals surface area contributed by atoms with Crippen LogP contribution in [0.4, 0.5) is 0 Å². The Labute approximate surface area is 210 Å². The normalized spacial score (nSPS) is 42.5. The second kappa shape index (κ2) is 8.97. The number of rotatable bonds is 6. The van der Waals surface area contributed by atoms with Gasteiger partial charge in [0.2, 0.25) is 11.4 Å². The van der Waals surface area contributed by atoms with E-state index in [1.165, 1.54) is 6.08 Å². The average Bonchev–Trinajstić information content (AvgIpc) is 3.24. The lowest BCUT2D eigenvalue weighted by Crippen LogP contribution is -2.52. The Kier molecular flexibility index (Phi) is 6.75. The van der Waals surface area contributed by atoms with Crippen LogP contribution in [0.2, 0.25) is 0 Å². The summed E-state index contributed by atoms with van der Waals surface area (Å²) in [5.74, 6) is 0.687. The zero-order valence-electron chi connectivity index (χ0n) is 22.6. The zero-order chi connectivity index (χ0) is 25.9. The highest BCUT2D eigenvalue weighted by Gasteiger charge is 2.68. The molecule has 9 atom stereocenters. The second-order valence-corrected chi connectivity index (χ2v) is 12.8. The Morgan fingerprint density at radius 3 is 2.43 bits per heavy atom. The van der Waals surface area contributed by atoms with Crippen molar-refractivity contribution in [1.29, 1.82) is 0 Å². The Balaban J connectivity index is 1.62. The van der Waals surface area contributed by atoms with E-state index >= 15 is 0 Å². The highest BCUT2D eigenvalue weighted by molar-refractivity contribution is 6.20. The van der Waals surface area contributed by atoms with Crippen LogP contribution in [0.3, 0.4) is 0 Å². The van der Waals surface area contributed by atoms with E-state index in [2.05, 4.69) is 46.8 Å². The van der Waals surface area contributed by atoms with Crippen LogP contribution < -0.4 is 0 Å². The maximum absolute atomic E-state index is 13.6. The van der Waals surface area contributed by atoms with Gasteiger partial charge in [0.1, 0.15) is 0 Å². The summed E-state index contributed by atoms with van der Waals surface area (Å²) >= 11 is 0. The van der Waals surface area contributed by atoms with Crippen LogP contribution in [0.15, 0.2) is 23.8 Å². The molecule has 0 aromatic heterocycles. The topological polar surface area (TPSA) is 80.7 Å². The molecule has 0 saturated heterocycles. The van der Waals surface area contributed by atoms with Crippen molar-refractivity contribution in [3.8, 4) is 0 Å². The summed E-state index contributed by atoms with van der Waals surface area (Å²) < 4.78 is 5.06. The van der Waals surface area contributed by atoms with E-state index in [1.54, 1.807) is 6.92 Å². The summed E-state index contributed by atoms with van der Waals surface area (Å²) in [5.41, 5.74) is -2.47. The van der Waals surface area contributed by atoms with Crippen LogP contribution in [-0.2, 0) is 19.1 Å². The number of ketones is 2. The molecule has 0 spiro atoms. The Bertz CT molecular complexity index is 962. The number of allylic oxidation sites excluding steroid dienone is 3. The molecule has 0 aromatic rings. The number of fused-ring (bicyclic) bond motifs is 5. The van der Waals surface area contributed by atoms with Gasteiger partial charge in [0.25, 0.3) is 0 Å². The average molecular weight is 485 g/mol. The predicted molar refractivity (Wildman–Crippen MR) is 135 cm³/mol. The number of carbonyl (C=O) groups is 3. The summed E-state index contributed by atoms with van der Waals surface area (Å²) in [7, 11) is 0. The van der Waals surface area contributed by atoms with Crippen LogP contribution in [0.5, 0.6) is 0 Å². The molecule has 0 amide bonds. The van der Waals surface area contributed by atoms with Crippen molar-refractivity contribution in [3.05, 3.63) is 23.8 Å². The van der Waals surface area contributed by atoms with E-state index in [1.807, 2.05) is 6.92 Å². The van der Waals surface area contributed by atoms with Crippen LogP contribution in [-0.4, -0.2) is 34.9 Å².